The van der Waals surface area contributed by atoms with Gasteiger partial charge in [0.15, 0.2) is 0 Å². The topological polar surface area (TPSA) is 61.4 Å². The highest BCUT2D eigenvalue weighted by molar-refractivity contribution is 5.74. The fourth-order valence-corrected chi connectivity index (χ4v) is 2.15. The maximum Gasteiger partial charge on any atom is 0.315 e. The summed E-state index contributed by atoms with van der Waals surface area (Å²) < 4.78 is 13.8. The molecule has 0 bridgehead atoms. The van der Waals surface area contributed by atoms with Crippen LogP contribution in [0.1, 0.15) is 25.3 Å². The van der Waals surface area contributed by atoms with Crippen LogP contribution in [0.15, 0.2) is 24.3 Å². The zero-order chi connectivity index (χ0) is 13.9. The molecule has 1 aliphatic carbocycles. The first-order valence-corrected chi connectivity index (χ1v) is 6.48. The number of hydrogen-bond acceptors (Lipinski definition) is 2. The number of carbonyl (C=O) groups is 1. The van der Waals surface area contributed by atoms with Crippen molar-refractivity contribution in [3.05, 3.63) is 35.6 Å². The molecule has 1 atom stereocenters. The Hall–Kier alpha value is -1.62. The number of aliphatic hydroxyl groups is 1. The lowest BCUT2D eigenvalue weighted by molar-refractivity contribution is 0.219. The summed E-state index contributed by atoms with van der Waals surface area (Å²) in [6.07, 6.45) is 1.76. The number of amides is 2. The highest BCUT2D eigenvalue weighted by Crippen LogP contribution is 2.48. The van der Waals surface area contributed by atoms with Crippen molar-refractivity contribution in [1.82, 2.24) is 10.6 Å². The Balaban J connectivity index is 1.93. The van der Waals surface area contributed by atoms with Gasteiger partial charge in [0.05, 0.1) is 12.6 Å². The molecule has 104 valence electrons. The van der Waals surface area contributed by atoms with Gasteiger partial charge in [-0.05, 0) is 31.4 Å². The lowest BCUT2D eigenvalue weighted by atomic mass is 9.95. The molecule has 0 radical (unpaired) electrons. The van der Waals surface area contributed by atoms with Crippen molar-refractivity contribution in [2.24, 2.45) is 0 Å². The molecule has 2 amide bonds. The molecular formula is C14H19FN2O2. The number of benzene rings is 1. The van der Waals surface area contributed by atoms with E-state index in [0.29, 0.717) is 12.1 Å². The second kappa shape index (κ2) is 5.57. The number of carbonyl (C=O) groups excluding carboxylic acids is 1. The van der Waals surface area contributed by atoms with E-state index in [9.17, 15) is 9.18 Å². The third kappa shape index (κ3) is 3.23. The van der Waals surface area contributed by atoms with Gasteiger partial charge in [-0.15, -0.1) is 0 Å². The molecule has 19 heavy (non-hydrogen) atoms. The van der Waals surface area contributed by atoms with E-state index >= 15 is 0 Å². The first kappa shape index (κ1) is 13.8. The monoisotopic (exact) mass is 266 g/mol. The lowest BCUT2D eigenvalue weighted by Crippen LogP contribution is -2.44. The van der Waals surface area contributed by atoms with Gasteiger partial charge in [0.25, 0.3) is 0 Å². The van der Waals surface area contributed by atoms with Crippen molar-refractivity contribution in [3.63, 3.8) is 0 Å². The summed E-state index contributed by atoms with van der Waals surface area (Å²) in [5.41, 5.74) is 0.413. The van der Waals surface area contributed by atoms with Crippen LogP contribution >= 0.6 is 0 Å². The number of aliphatic hydroxyl groups excluding tert-OH is 1. The summed E-state index contributed by atoms with van der Waals surface area (Å²) in [4.78, 5) is 11.6. The van der Waals surface area contributed by atoms with Crippen molar-refractivity contribution >= 4 is 6.03 Å². The minimum absolute atomic E-state index is 0.105. The summed E-state index contributed by atoms with van der Waals surface area (Å²) in [7, 11) is 0. The maximum absolute atomic E-state index is 13.8. The Bertz CT molecular complexity index is 461. The van der Waals surface area contributed by atoms with Gasteiger partial charge in [0.1, 0.15) is 5.82 Å². The quantitative estimate of drug-likeness (QED) is 0.757. The standard InChI is InChI=1S/C14H19FN2O2/c1-10(8-18)17-13(19)16-9-14(6-7-14)11-4-2-3-5-12(11)15/h2-5,10,18H,6-9H2,1H3,(H2,16,17,19). The molecule has 0 saturated heterocycles. The van der Waals surface area contributed by atoms with Gasteiger partial charge in [-0.3, -0.25) is 0 Å². The number of urea groups is 1. The molecule has 2 rings (SSSR count). The van der Waals surface area contributed by atoms with Crippen LogP contribution < -0.4 is 10.6 Å². The van der Waals surface area contributed by atoms with Crippen LogP contribution in [0, 0.1) is 5.82 Å². The van der Waals surface area contributed by atoms with Gasteiger partial charge in [-0.25, -0.2) is 9.18 Å². The van der Waals surface area contributed by atoms with E-state index < -0.39 is 0 Å². The Morgan fingerprint density at radius 2 is 2.16 bits per heavy atom. The molecule has 1 saturated carbocycles. The molecule has 5 heteroatoms. The molecule has 1 fully saturated rings. The summed E-state index contributed by atoms with van der Waals surface area (Å²) in [6.45, 7) is 2.02. The summed E-state index contributed by atoms with van der Waals surface area (Å²) >= 11 is 0. The minimum Gasteiger partial charge on any atom is -0.394 e. The van der Waals surface area contributed by atoms with Gasteiger partial charge in [-0.1, -0.05) is 18.2 Å². The van der Waals surface area contributed by atoms with Crippen LogP contribution in [0.3, 0.4) is 0 Å². The van der Waals surface area contributed by atoms with Crippen LogP contribution in [-0.4, -0.2) is 30.3 Å². The molecule has 0 heterocycles. The van der Waals surface area contributed by atoms with E-state index in [1.807, 2.05) is 6.07 Å². The van der Waals surface area contributed by atoms with Crippen molar-refractivity contribution in [1.29, 1.82) is 0 Å². The molecule has 0 aromatic heterocycles. The second-order valence-electron chi connectivity index (χ2n) is 5.17. The summed E-state index contributed by atoms with van der Waals surface area (Å²) in [5, 5.41) is 14.2. The molecular weight excluding hydrogens is 247 g/mol. The Kier molecular flexibility index (Phi) is 4.04. The van der Waals surface area contributed by atoms with Gasteiger partial charge in [0.2, 0.25) is 0 Å². The second-order valence-corrected chi connectivity index (χ2v) is 5.17. The predicted molar refractivity (Wildman–Crippen MR) is 70.4 cm³/mol. The smallest absolute Gasteiger partial charge is 0.315 e. The highest BCUT2D eigenvalue weighted by Gasteiger charge is 2.45. The number of rotatable bonds is 5. The van der Waals surface area contributed by atoms with Crippen molar-refractivity contribution < 1.29 is 14.3 Å². The molecule has 3 N–H and O–H groups in total. The molecule has 4 nitrogen and oxygen atoms in total. The first-order valence-electron chi connectivity index (χ1n) is 6.48. The molecule has 1 unspecified atom stereocenters. The molecule has 0 aliphatic heterocycles. The maximum atomic E-state index is 13.8. The molecule has 1 aromatic carbocycles. The van der Waals surface area contributed by atoms with Crippen molar-refractivity contribution in [2.75, 3.05) is 13.2 Å². The lowest BCUT2D eigenvalue weighted by Gasteiger charge is -2.18. The van der Waals surface area contributed by atoms with Gasteiger partial charge in [-0.2, -0.15) is 0 Å². The molecule has 1 aliphatic rings. The zero-order valence-electron chi connectivity index (χ0n) is 10.9. The zero-order valence-corrected chi connectivity index (χ0v) is 10.9. The highest BCUT2D eigenvalue weighted by atomic mass is 19.1. The van der Waals surface area contributed by atoms with E-state index in [4.69, 9.17) is 5.11 Å². The third-order valence-corrected chi connectivity index (χ3v) is 3.54. The summed E-state index contributed by atoms with van der Waals surface area (Å²) in [6, 6.07) is 6.08. The van der Waals surface area contributed by atoms with E-state index in [-0.39, 0.29) is 29.9 Å². The Morgan fingerprint density at radius 3 is 2.74 bits per heavy atom. The van der Waals surface area contributed by atoms with E-state index in [0.717, 1.165) is 12.8 Å². The fraction of sp³-hybridized carbons (Fsp3) is 0.500. The Morgan fingerprint density at radius 1 is 1.47 bits per heavy atom. The number of hydrogen-bond donors (Lipinski definition) is 3. The molecule has 1 aromatic rings. The third-order valence-electron chi connectivity index (χ3n) is 3.54. The van der Waals surface area contributed by atoms with Crippen LogP contribution in [-0.2, 0) is 5.41 Å². The molecule has 0 spiro atoms. The van der Waals surface area contributed by atoms with Crippen LogP contribution in [0.25, 0.3) is 0 Å². The van der Waals surface area contributed by atoms with Gasteiger partial charge in [0, 0.05) is 12.0 Å². The first-order chi connectivity index (χ1) is 9.07. The van der Waals surface area contributed by atoms with Crippen molar-refractivity contribution in [3.8, 4) is 0 Å². The van der Waals surface area contributed by atoms with Crippen molar-refractivity contribution in [2.45, 2.75) is 31.2 Å². The normalized spacial score (nSPS) is 17.6. The van der Waals surface area contributed by atoms with Gasteiger partial charge >= 0.3 is 6.03 Å². The largest absolute Gasteiger partial charge is 0.394 e. The average molecular weight is 266 g/mol. The number of nitrogens with one attached hydrogen (secondary N) is 2. The predicted octanol–water partition coefficient (Wildman–Crippen LogP) is 1.54. The van der Waals surface area contributed by atoms with E-state index in [2.05, 4.69) is 10.6 Å². The van der Waals surface area contributed by atoms with E-state index in [1.165, 1.54) is 6.07 Å². The van der Waals surface area contributed by atoms with Crippen LogP contribution in [0.5, 0.6) is 0 Å². The van der Waals surface area contributed by atoms with Crippen LogP contribution in [0.4, 0.5) is 9.18 Å². The number of halogens is 1. The average Bonchev–Trinajstić information content (AvgIpc) is 3.18. The van der Waals surface area contributed by atoms with Gasteiger partial charge < -0.3 is 15.7 Å². The SMILES string of the molecule is CC(CO)NC(=O)NCC1(c2ccccc2F)CC1. The van der Waals surface area contributed by atoms with E-state index in [1.54, 1.807) is 19.1 Å². The summed E-state index contributed by atoms with van der Waals surface area (Å²) in [5.74, 6) is -0.217. The minimum atomic E-state index is -0.329. The Labute approximate surface area is 112 Å². The van der Waals surface area contributed by atoms with Crippen LogP contribution in [0.2, 0.25) is 0 Å². The fourth-order valence-electron chi connectivity index (χ4n) is 2.15.